The number of alkyl halides is 1. The zero-order chi connectivity index (χ0) is 13.7. The Labute approximate surface area is 139 Å². The van der Waals surface area contributed by atoms with Crippen molar-refractivity contribution in [3.05, 3.63) is 29.8 Å². The van der Waals surface area contributed by atoms with Crippen LogP contribution < -0.4 is 4.74 Å². The molecule has 0 bridgehead atoms. The van der Waals surface area contributed by atoms with Crippen LogP contribution in [0.2, 0.25) is 0 Å². The number of hydrogen-bond acceptors (Lipinski definition) is 3. The number of Topliss-reactive ketones (excluding diaryl/α,β-unsaturated/α-hetero) is 1. The van der Waals surface area contributed by atoms with Crippen LogP contribution in [0.25, 0.3) is 0 Å². The Hall–Kier alpha value is -0.390. The first kappa shape index (κ1) is 17.7. The third-order valence-electron chi connectivity index (χ3n) is 3.53. The van der Waals surface area contributed by atoms with Gasteiger partial charge in [-0.25, -0.2) is 0 Å². The molecule has 20 heavy (non-hydrogen) atoms. The monoisotopic (exact) mass is 405 g/mol. The second-order valence-electron chi connectivity index (χ2n) is 4.92. The third-order valence-corrected chi connectivity index (χ3v) is 4.23. The Morgan fingerprint density at radius 3 is 2.40 bits per heavy atom. The number of rotatable bonds is 5. The molecule has 1 heterocycles. The molecule has 1 aliphatic heterocycles. The number of hydrogen-bond donors (Lipinski definition) is 0. The molecule has 0 N–H and O–H groups in total. The molecule has 2 rings (SSSR count). The van der Waals surface area contributed by atoms with Crippen LogP contribution in [0.15, 0.2) is 24.3 Å². The topological polar surface area (TPSA) is 29.5 Å². The first-order valence-corrected chi connectivity index (χ1v) is 7.67. The van der Waals surface area contributed by atoms with Gasteiger partial charge in [0, 0.05) is 12.1 Å². The van der Waals surface area contributed by atoms with Gasteiger partial charge in [0.25, 0.3) is 0 Å². The molecule has 1 unspecified atom stereocenters. The lowest BCUT2D eigenvalue weighted by atomic mass is 10.1. The molecule has 1 atom stereocenters. The SMILES string of the molecule is Br.COc1ccc(C(=O)C(Br)CN2CCCCC2)cc1. The van der Waals surface area contributed by atoms with Crippen LogP contribution >= 0.6 is 32.9 Å². The van der Waals surface area contributed by atoms with Crippen molar-refractivity contribution in [1.82, 2.24) is 4.90 Å². The Morgan fingerprint density at radius 1 is 1.25 bits per heavy atom. The Morgan fingerprint density at radius 2 is 1.85 bits per heavy atom. The molecule has 5 heteroatoms. The normalized spacial score (nSPS) is 17.1. The molecule has 0 radical (unpaired) electrons. The summed E-state index contributed by atoms with van der Waals surface area (Å²) in [5.74, 6) is 0.923. The summed E-state index contributed by atoms with van der Waals surface area (Å²) in [6.07, 6.45) is 3.81. The Balaban J connectivity index is 0.00000200. The average Bonchev–Trinajstić information content (AvgIpc) is 2.47. The summed E-state index contributed by atoms with van der Waals surface area (Å²) in [4.78, 5) is 14.5. The number of ketones is 1. The Kier molecular flexibility index (Phi) is 7.77. The number of benzene rings is 1. The number of nitrogens with zero attached hydrogens (tertiary/aromatic N) is 1. The van der Waals surface area contributed by atoms with Gasteiger partial charge in [-0.3, -0.25) is 4.79 Å². The summed E-state index contributed by atoms with van der Waals surface area (Å²) in [6, 6.07) is 7.30. The molecule has 1 aromatic rings. The average molecular weight is 407 g/mol. The summed E-state index contributed by atoms with van der Waals surface area (Å²) in [5.41, 5.74) is 0.736. The summed E-state index contributed by atoms with van der Waals surface area (Å²) in [7, 11) is 1.63. The minimum Gasteiger partial charge on any atom is -0.497 e. The van der Waals surface area contributed by atoms with E-state index in [2.05, 4.69) is 20.8 Å². The van der Waals surface area contributed by atoms with E-state index in [1.807, 2.05) is 24.3 Å². The van der Waals surface area contributed by atoms with Crippen molar-refractivity contribution in [1.29, 1.82) is 0 Å². The predicted molar refractivity (Wildman–Crippen MR) is 90.7 cm³/mol. The van der Waals surface area contributed by atoms with Gasteiger partial charge in [0.1, 0.15) is 5.75 Å². The highest BCUT2D eigenvalue weighted by molar-refractivity contribution is 9.10. The van der Waals surface area contributed by atoms with E-state index in [0.29, 0.717) is 0 Å². The largest absolute Gasteiger partial charge is 0.497 e. The van der Waals surface area contributed by atoms with Gasteiger partial charge in [-0.1, -0.05) is 22.4 Å². The number of carbonyl (C=O) groups excluding carboxylic acids is 1. The molecular weight excluding hydrogens is 386 g/mol. The maximum atomic E-state index is 12.3. The maximum Gasteiger partial charge on any atom is 0.177 e. The van der Waals surface area contributed by atoms with Gasteiger partial charge in [-0.2, -0.15) is 0 Å². The molecule has 0 spiro atoms. The molecule has 0 saturated carbocycles. The van der Waals surface area contributed by atoms with Crippen LogP contribution in [0.3, 0.4) is 0 Å². The van der Waals surface area contributed by atoms with Crippen LogP contribution in [0.5, 0.6) is 5.75 Å². The summed E-state index contributed by atoms with van der Waals surface area (Å²) >= 11 is 3.53. The van der Waals surface area contributed by atoms with Crippen molar-refractivity contribution in [3.63, 3.8) is 0 Å². The van der Waals surface area contributed by atoms with Crippen molar-refractivity contribution in [2.45, 2.75) is 24.1 Å². The van der Waals surface area contributed by atoms with E-state index < -0.39 is 0 Å². The second-order valence-corrected chi connectivity index (χ2v) is 6.03. The lowest BCUT2D eigenvalue weighted by Gasteiger charge is -2.27. The number of piperidine rings is 1. The number of carbonyl (C=O) groups is 1. The predicted octanol–water partition coefficient (Wildman–Crippen LogP) is 3.71. The van der Waals surface area contributed by atoms with Crippen molar-refractivity contribution in [2.75, 3.05) is 26.7 Å². The highest BCUT2D eigenvalue weighted by Gasteiger charge is 2.21. The van der Waals surface area contributed by atoms with E-state index in [4.69, 9.17) is 4.74 Å². The van der Waals surface area contributed by atoms with Crippen molar-refractivity contribution < 1.29 is 9.53 Å². The number of likely N-dealkylation sites (tertiary alicyclic amines) is 1. The fourth-order valence-electron chi connectivity index (χ4n) is 2.39. The van der Waals surface area contributed by atoms with E-state index >= 15 is 0 Å². The van der Waals surface area contributed by atoms with Gasteiger partial charge in [-0.05, 0) is 50.2 Å². The van der Waals surface area contributed by atoms with Gasteiger partial charge >= 0.3 is 0 Å². The summed E-state index contributed by atoms with van der Waals surface area (Å²) < 4.78 is 5.10. The van der Waals surface area contributed by atoms with E-state index in [-0.39, 0.29) is 27.6 Å². The first-order valence-electron chi connectivity index (χ1n) is 6.75. The lowest BCUT2D eigenvalue weighted by molar-refractivity contribution is 0.0970. The molecule has 1 fully saturated rings. The number of ether oxygens (including phenoxy) is 1. The number of halogens is 2. The van der Waals surface area contributed by atoms with E-state index in [1.54, 1.807) is 7.11 Å². The summed E-state index contributed by atoms with van der Waals surface area (Å²) in [6.45, 7) is 3.01. The molecule has 1 aromatic carbocycles. The molecule has 1 saturated heterocycles. The van der Waals surface area contributed by atoms with Crippen molar-refractivity contribution >= 4 is 38.7 Å². The van der Waals surface area contributed by atoms with Gasteiger partial charge < -0.3 is 9.64 Å². The maximum absolute atomic E-state index is 12.3. The summed E-state index contributed by atoms with van der Waals surface area (Å²) in [5, 5.41) is 0. The highest BCUT2D eigenvalue weighted by atomic mass is 79.9. The Bertz CT molecular complexity index is 416. The molecule has 3 nitrogen and oxygen atoms in total. The van der Waals surface area contributed by atoms with Crippen LogP contribution in [0.1, 0.15) is 29.6 Å². The van der Waals surface area contributed by atoms with E-state index in [1.165, 1.54) is 19.3 Å². The zero-order valence-corrected chi connectivity index (χ0v) is 15.0. The van der Waals surface area contributed by atoms with Crippen LogP contribution in [-0.2, 0) is 0 Å². The van der Waals surface area contributed by atoms with Gasteiger partial charge in [-0.15, -0.1) is 17.0 Å². The second kappa shape index (κ2) is 8.80. The fourth-order valence-corrected chi connectivity index (χ4v) is 3.06. The molecule has 1 aliphatic rings. The van der Waals surface area contributed by atoms with Crippen LogP contribution in [0.4, 0.5) is 0 Å². The fraction of sp³-hybridized carbons (Fsp3) is 0.533. The van der Waals surface area contributed by atoms with Crippen LogP contribution in [-0.4, -0.2) is 42.3 Å². The highest BCUT2D eigenvalue weighted by Crippen LogP contribution is 2.17. The first-order chi connectivity index (χ1) is 9.20. The smallest absolute Gasteiger partial charge is 0.177 e. The van der Waals surface area contributed by atoms with Crippen LogP contribution in [0, 0.1) is 0 Å². The lowest BCUT2D eigenvalue weighted by Crippen LogP contribution is -2.37. The van der Waals surface area contributed by atoms with Gasteiger partial charge in [0.15, 0.2) is 5.78 Å². The quantitative estimate of drug-likeness (QED) is 0.551. The van der Waals surface area contributed by atoms with E-state index in [9.17, 15) is 4.79 Å². The molecule has 112 valence electrons. The van der Waals surface area contributed by atoms with Gasteiger partial charge in [0.05, 0.1) is 11.9 Å². The van der Waals surface area contributed by atoms with Crippen molar-refractivity contribution in [2.24, 2.45) is 0 Å². The van der Waals surface area contributed by atoms with Crippen molar-refractivity contribution in [3.8, 4) is 5.75 Å². The molecule has 0 aliphatic carbocycles. The molecule has 0 aromatic heterocycles. The van der Waals surface area contributed by atoms with E-state index in [0.717, 1.165) is 30.9 Å². The molecule has 0 amide bonds. The minimum absolute atomic E-state index is 0. The van der Waals surface area contributed by atoms with Gasteiger partial charge in [0.2, 0.25) is 0 Å². The zero-order valence-electron chi connectivity index (χ0n) is 11.7. The standard InChI is InChI=1S/C15H20BrNO2.BrH/c1-19-13-7-5-12(6-8-13)15(18)14(16)11-17-9-3-2-4-10-17;/h5-8,14H,2-4,9-11H2,1H3;1H. The number of methoxy groups -OCH3 is 1. The minimum atomic E-state index is -0.126. The molecular formula is C15H21Br2NO2. The third kappa shape index (κ3) is 4.86.